The summed E-state index contributed by atoms with van der Waals surface area (Å²) >= 11 is 2.16. The SMILES string of the molecule is NC1CCN(S(=O)(=O)c2ccc(I)cc2)CC1. The molecule has 0 atom stereocenters. The predicted molar refractivity (Wildman–Crippen MR) is 75.1 cm³/mol. The highest BCUT2D eigenvalue weighted by atomic mass is 127. The zero-order chi connectivity index (χ0) is 12.5. The number of nitrogens with zero attached hydrogens (tertiary/aromatic N) is 1. The number of sulfonamides is 1. The van der Waals surface area contributed by atoms with Crippen molar-refractivity contribution in [2.24, 2.45) is 5.73 Å². The van der Waals surface area contributed by atoms with Gasteiger partial charge in [-0.15, -0.1) is 0 Å². The highest BCUT2D eigenvalue weighted by Gasteiger charge is 2.27. The average Bonchev–Trinajstić information content (AvgIpc) is 2.30. The number of halogens is 1. The van der Waals surface area contributed by atoms with E-state index < -0.39 is 10.0 Å². The van der Waals surface area contributed by atoms with Crippen molar-refractivity contribution < 1.29 is 8.42 Å². The summed E-state index contributed by atoms with van der Waals surface area (Å²) in [6.07, 6.45) is 1.48. The van der Waals surface area contributed by atoms with E-state index in [1.807, 2.05) is 12.1 Å². The minimum atomic E-state index is -3.33. The van der Waals surface area contributed by atoms with E-state index in [0.717, 1.165) is 16.4 Å². The Morgan fingerprint density at radius 3 is 2.24 bits per heavy atom. The second-order valence-electron chi connectivity index (χ2n) is 4.20. The van der Waals surface area contributed by atoms with Gasteiger partial charge in [0.1, 0.15) is 0 Å². The fourth-order valence-electron chi connectivity index (χ4n) is 1.87. The van der Waals surface area contributed by atoms with Crippen LogP contribution >= 0.6 is 22.6 Å². The number of nitrogens with two attached hydrogens (primary N) is 1. The van der Waals surface area contributed by atoms with Crippen LogP contribution in [-0.2, 0) is 10.0 Å². The Bertz CT molecular complexity index is 479. The van der Waals surface area contributed by atoms with Crippen LogP contribution in [0.5, 0.6) is 0 Å². The quantitative estimate of drug-likeness (QED) is 0.805. The molecule has 17 heavy (non-hydrogen) atoms. The van der Waals surface area contributed by atoms with Crippen LogP contribution in [0.2, 0.25) is 0 Å². The summed E-state index contributed by atoms with van der Waals surface area (Å²) < 4.78 is 27.1. The number of benzene rings is 1. The Hall–Kier alpha value is -0.180. The molecule has 0 saturated carbocycles. The molecule has 6 heteroatoms. The predicted octanol–water partition coefficient (Wildman–Crippen LogP) is 1.40. The lowest BCUT2D eigenvalue weighted by atomic mass is 10.1. The molecule has 0 spiro atoms. The van der Waals surface area contributed by atoms with Gasteiger partial charge in [0.15, 0.2) is 0 Å². The number of piperidine rings is 1. The monoisotopic (exact) mass is 366 g/mol. The molecule has 1 aliphatic rings. The Morgan fingerprint density at radius 1 is 1.18 bits per heavy atom. The highest BCUT2D eigenvalue weighted by molar-refractivity contribution is 14.1. The molecule has 0 aromatic heterocycles. The van der Waals surface area contributed by atoms with Gasteiger partial charge in [-0.2, -0.15) is 4.31 Å². The van der Waals surface area contributed by atoms with E-state index in [1.165, 1.54) is 4.31 Å². The summed E-state index contributed by atoms with van der Waals surface area (Å²) in [5.74, 6) is 0. The third-order valence-corrected chi connectivity index (χ3v) is 5.58. The van der Waals surface area contributed by atoms with E-state index in [9.17, 15) is 8.42 Å². The zero-order valence-electron chi connectivity index (χ0n) is 9.34. The fourth-order valence-corrected chi connectivity index (χ4v) is 3.70. The summed E-state index contributed by atoms with van der Waals surface area (Å²) in [5.41, 5.74) is 5.78. The first kappa shape index (κ1) is 13.3. The molecule has 0 unspecified atom stereocenters. The molecule has 1 aromatic carbocycles. The van der Waals surface area contributed by atoms with Crippen LogP contribution in [-0.4, -0.2) is 31.9 Å². The van der Waals surface area contributed by atoms with Crippen LogP contribution in [0.1, 0.15) is 12.8 Å². The van der Waals surface area contributed by atoms with Gasteiger partial charge in [0.2, 0.25) is 10.0 Å². The largest absolute Gasteiger partial charge is 0.328 e. The van der Waals surface area contributed by atoms with Crippen molar-refractivity contribution in [3.63, 3.8) is 0 Å². The third kappa shape index (κ3) is 2.98. The van der Waals surface area contributed by atoms with Gasteiger partial charge in [0.05, 0.1) is 4.90 Å². The molecule has 1 fully saturated rings. The number of hydrogen-bond acceptors (Lipinski definition) is 3. The summed E-state index contributed by atoms with van der Waals surface area (Å²) in [6, 6.07) is 7.07. The molecule has 1 saturated heterocycles. The molecule has 94 valence electrons. The molecule has 1 heterocycles. The maximum atomic E-state index is 12.3. The molecule has 0 amide bonds. The Kier molecular flexibility index (Phi) is 4.06. The summed E-state index contributed by atoms with van der Waals surface area (Å²) in [4.78, 5) is 0.369. The van der Waals surface area contributed by atoms with Gasteiger partial charge in [0, 0.05) is 22.7 Å². The van der Waals surface area contributed by atoms with Gasteiger partial charge < -0.3 is 5.73 Å². The Morgan fingerprint density at radius 2 is 1.71 bits per heavy atom. The maximum absolute atomic E-state index is 12.3. The van der Waals surface area contributed by atoms with Crippen molar-refractivity contribution in [3.05, 3.63) is 27.8 Å². The zero-order valence-corrected chi connectivity index (χ0v) is 12.3. The summed E-state index contributed by atoms with van der Waals surface area (Å²) in [6.45, 7) is 1.05. The van der Waals surface area contributed by atoms with Gasteiger partial charge in [-0.05, 0) is 59.7 Å². The average molecular weight is 366 g/mol. The second kappa shape index (κ2) is 5.21. The lowest BCUT2D eigenvalue weighted by Crippen LogP contribution is -2.42. The molecular weight excluding hydrogens is 351 g/mol. The van der Waals surface area contributed by atoms with Crippen molar-refractivity contribution in [2.45, 2.75) is 23.8 Å². The number of rotatable bonds is 2. The summed E-state index contributed by atoms with van der Waals surface area (Å²) in [5, 5.41) is 0. The first-order valence-corrected chi connectivity index (χ1v) is 8.03. The first-order valence-electron chi connectivity index (χ1n) is 5.51. The Balaban J connectivity index is 2.21. The lowest BCUT2D eigenvalue weighted by molar-refractivity contribution is 0.320. The minimum absolute atomic E-state index is 0.137. The van der Waals surface area contributed by atoms with Gasteiger partial charge in [-0.1, -0.05) is 0 Å². The van der Waals surface area contributed by atoms with E-state index in [0.29, 0.717) is 18.0 Å². The number of hydrogen-bond donors (Lipinski definition) is 1. The van der Waals surface area contributed by atoms with Crippen molar-refractivity contribution in [2.75, 3.05) is 13.1 Å². The van der Waals surface area contributed by atoms with E-state index in [1.54, 1.807) is 12.1 Å². The van der Waals surface area contributed by atoms with Crippen LogP contribution in [0.4, 0.5) is 0 Å². The van der Waals surface area contributed by atoms with Gasteiger partial charge in [0.25, 0.3) is 0 Å². The Labute approximate surface area is 115 Å². The van der Waals surface area contributed by atoms with Crippen molar-refractivity contribution in [3.8, 4) is 0 Å². The molecule has 1 aromatic rings. The maximum Gasteiger partial charge on any atom is 0.243 e. The molecule has 0 bridgehead atoms. The lowest BCUT2D eigenvalue weighted by Gasteiger charge is -2.29. The van der Waals surface area contributed by atoms with Crippen LogP contribution in [0.3, 0.4) is 0 Å². The third-order valence-electron chi connectivity index (χ3n) is 2.95. The normalized spacial score (nSPS) is 19.4. The van der Waals surface area contributed by atoms with E-state index >= 15 is 0 Å². The van der Waals surface area contributed by atoms with Gasteiger partial charge in [-0.25, -0.2) is 8.42 Å². The van der Waals surface area contributed by atoms with Crippen LogP contribution < -0.4 is 5.73 Å². The molecule has 4 nitrogen and oxygen atoms in total. The van der Waals surface area contributed by atoms with E-state index in [4.69, 9.17) is 5.73 Å². The van der Waals surface area contributed by atoms with Crippen LogP contribution in [0, 0.1) is 3.57 Å². The minimum Gasteiger partial charge on any atom is -0.328 e. The molecule has 1 aliphatic heterocycles. The molecule has 2 N–H and O–H groups in total. The van der Waals surface area contributed by atoms with Crippen molar-refractivity contribution in [1.82, 2.24) is 4.31 Å². The van der Waals surface area contributed by atoms with E-state index in [2.05, 4.69) is 22.6 Å². The van der Waals surface area contributed by atoms with Crippen molar-refractivity contribution in [1.29, 1.82) is 0 Å². The topological polar surface area (TPSA) is 63.4 Å². The van der Waals surface area contributed by atoms with Gasteiger partial charge in [-0.3, -0.25) is 0 Å². The van der Waals surface area contributed by atoms with Crippen LogP contribution in [0.15, 0.2) is 29.2 Å². The fraction of sp³-hybridized carbons (Fsp3) is 0.455. The molecule has 2 rings (SSSR count). The summed E-state index contributed by atoms with van der Waals surface area (Å²) in [7, 11) is -3.33. The van der Waals surface area contributed by atoms with Crippen molar-refractivity contribution >= 4 is 32.6 Å². The molecule has 0 radical (unpaired) electrons. The smallest absolute Gasteiger partial charge is 0.243 e. The molecular formula is C11H15IN2O2S. The second-order valence-corrected chi connectivity index (χ2v) is 7.38. The van der Waals surface area contributed by atoms with E-state index in [-0.39, 0.29) is 6.04 Å². The van der Waals surface area contributed by atoms with Crippen LogP contribution in [0.25, 0.3) is 0 Å². The molecule has 0 aliphatic carbocycles. The first-order chi connectivity index (χ1) is 8.00. The standard InChI is InChI=1S/C11H15IN2O2S/c12-9-1-3-11(4-2-9)17(15,16)14-7-5-10(13)6-8-14/h1-4,10H,5-8,13H2. The van der Waals surface area contributed by atoms with Gasteiger partial charge >= 0.3 is 0 Å². The highest BCUT2D eigenvalue weighted by Crippen LogP contribution is 2.20.